The first-order valence-electron chi connectivity index (χ1n) is 5.47. The van der Waals surface area contributed by atoms with Gasteiger partial charge in [0.05, 0.1) is 19.3 Å². The van der Waals surface area contributed by atoms with Crippen LogP contribution >= 0.6 is 0 Å². The van der Waals surface area contributed by atoms with E-state index in [0.717, 1.165) is 19.4 Å². The number of hydrogen-bond donors (Lipinski definition) is 0. The molecule has 0 saturated carbocycles. The van der Waals surface area contributed by atoms with E-state index in [1.54, 1.807) is 6.92 Å². The van der Waals surface area contributed by atoms with Gasteiger partial charge in [-0.15, -0.1) is 0 Å². The van der Waals surface area contributed by atoms with Gasteiger partial charge in [0.1, 0.15) is 6.61 Å². The number of aromatic nitrogens is 2. The fraction of sp³-hybridized carbons (Fsp3) is 0.800. The fourth-order valence-corrected chi connectivity index (χ4v) is 1.52. The molecule has 1 saturated heterocycles. The summed E-state index contributed by atoms with van der Waals surface area (Å²) in [7, 11) is 0. The average Bonchev–Trinajstić information content (AvgIpc) is 2.89. The molecule has 0 radical (unpaired) electrons. The number of nitrogens with zero attached hydrogens (tertiary/aromatic N) is 2. The van der Waals surface area contributed by atoms with Crippen LogP contribution in [0.5, 0.6) is 6.08 Å². The van der Waals surface area contributed by atoms with Crippen molar-refractivity contribution in [2.24, 2.45) is 0 Å². The topological polar surface area (TPSA) is 66.6 Å². The van der Waals surface area contributed by atoms with Crippen LogP contribution in [0.25, 0.3) is 0 Å². The second-order valence-electron chi connectivity index (χ2n) is 3.67. The van der Waals surface area contributed by atoms with Gasteiger partial charge >= 0.3 is 6.08 Å². The summed E-state index contributed by atoms with van der Waals surface area (Å²) in [6, 6.07) is 0. The highest BCUT2D eigenvalue weighted by atomic mass is 16.6. The Morgan fingerprint density at radius 3 is 3.06 bits per heavy atom. The molecule has 0 amide bonds. The zero-order valence-electron chi connectivity index (χ0n) is 9.35. The molecule has 0 spiro atoms. The second-order valence-corrected chi connectivity index (χ2v) is 3.67. The maximum absolute atomic E-state index is 5.41. The third-order valence-corrected chi connectivity index (χ3v) is 2.29. The summed E-state index contributed by atoms with van der Waals surface area (Å²) in [5, 5.41) is 3.61. The summed E-state index contributed by atoms with van der Waals surface area (Å²) in [6.07, 6.45) is 2.67. The first-order valence-corrected chi connectivity index (χ1v) is 5.47. The van der Waals surface area contributed by atoms with Crippen molar-refractivity contribution in [2.75, 3.05) is 26.4 Å². The Bertz CT molecular complexity index is 310. The zero-order valence-corrected chi connectivity index (χ0v) is 9.35. The largest absolute Gasteiger partial charge is 0.446 e. The van der Waals surface area contributed by atoms with Gasteiger partial charge in [0.2, 0.25) is 0 Å². The molecule has 16 heavy (non-hydrogen) atoms. The van der Waals surface area contributed by atoms with Crippen LogP contribution in [0.3, 0.4) is 0 Å². The number of ether oxygens (including phenoxy) is 3. The Labute approximate surface area is 93.9 Å². The quantitative estimate of drug-likeness (QED) is 0.675. The van der Waals surface area contributed by atoms with Crippen molar-refractivity contribution in [1.82, 2.24) is 10.1 Å². The van der Waals surface area contributed by atoms with Crippen molar-refractivity contribution in [3.63, 3.8) is 0 Å². The lowest BCUT2D eigenvalue weighted by atomic mass is 10.2. The highest BCUT2D eigenvalue weighted by Gasteiger charge is 2.15. The van der Waals surface area contributed by atoms with E-state index in [9.17, 15) is 0 Å². The summed E-state index contributed by atoms with van der Waals surface area (Å²) in [6.45, 7) is 4.14. The summed E-state index contributed by atoms with van der Waals surface area (Å²) in [5.74, 6) is 0.565. The molecular formula is C10H16N2O4. The third kappa shape index (κ3) is 3.46. The van der Waals surface area contributed by atoms with Crippen molar-refractivity contribution >= 4 is 0 Å². The van der Waals surface area contributed by atoms with E-state index < -0.39 is 0 Å². The van der Waals surface area contributed by atoms with Crippen LogP contribution in [0.2, 0.25) is 0 Å². The minimum Gasteiger partial charge on any atom is -0.446 e. The maximum Gasteiger partial charge on any atom is 0.417 e. The lowest BCUT2D eigenvalue weighted by Crippen LogP contribution is -2.17. The normalized spacial score (nSPS) is 20.2. The van der Waals surface area contributed by atoms with Crippen LogP contribution in [-0.2, 0) is 9.47 Å². The van der Waals surface area contributed by atoms with Gasteiger partial charge in [0.25, 0.3) is 0 Å². The minimum absolute atomic E-state index is 0.193. The molecule has 2 rings (SSSR count). The van der Waals surface area contributed by atoms with Crippen molar-refractivity contribution in [3.05, 3.63) is 5.82 Å². The van der Waals surface area contributed by atoms with Crippen molar-refractivity contribution in [1.29, 1.82) is 0 Å². The smallest absolute Gasteiger partial charge is 0.417 e. The second kappa shape index (κ2) is 5.81. The van der Waals surface area contributed by atoms with Gasteiger partial charge in [-0.05, 0) is 19.8 Å². The van der Waals surface area contributed by atoms with E-state index in [0.29, 0.717) is 25.6 Å². The van der Waals surface area contributed by atoms with Crippen LogP contribution in [0.15, 0.2) is 4.52 Å². The summed E-state index contributed by atoms with van der Waals surface area (Å²) in [4.78, 5) is 3.91. The molecule has 1 atom stereocenters. The van der Waals surface area contributed by atoms with Crippen LogP contribution < -0.4 is 4.74 Å². The van der Waals surface area contributed by atoms with Gasteiger partial charge in [0.15, 0.2) is 5.82 Å². The molecule has 1 aromatic rings. The average molecular weight is 228 g/mol. The van der Waals surface area contributed by atoms with E-state index in [1.807, 2.05) is 0 Å². The predicted molar refractivity (Wildman–Crippen MR) is 54.3 cm³/mol. The van der Waals surface area contributed by atoms with Gasteiger partial charge in [-0.25, -0.2) is 0 Å². The summed E-state index contributed by atoms with van der Waals surface area (Å²) >= 11 is 0. The molecule has 2 heterocycles. The Hall–Kier alpha value is -1.14. The molecule has 6 heteroatoms. The molecule has 0 aromatic carbocycles. The predicted octanol–water partition coefficient (Wildman–Crippen LogP) is 0.952. The molecule has 90 valence electrons. The first-order chi connectivity index (χ1) is 7.84. The monoisotopic (exact) mass is 228 g/mol. The minimum atomic E-state index is 0.193. The van der Waals surface area contributed by atoms with Crippen LogP contribution in [0.4, 0.5) is 0 Å². The molecule has 1 aliphatic rings. The molecule has 0 aliphatic carbocycles. The van der Waals surface area contributed by atoms with Gasteiger partial charge in [-0.3, -0.25) is 4.52 Å². The number of hydrogen-bond acceptors (Lipinski definition) is 6. The molecule has 1 fully saturated rings. The van der Waals surface area contributed by atoms with Crippen molar-refractivity contribution in [3.8, 4) is 6.08 Å². The van der Waals surface area contributed by atoms with E-state index in [-0.39, 0.29) is 12.2 Å². The highest BCUT2D eigenvalue weighted by Crippen LogP contribution is 2.11. The van der Waals surface area contributed by atoms with E-state index in [2.05, 4.69) is 10.1 Å². The van der Waals surface area contributed by atoms with Crippen LogP contribution in [0.1, 0.15) is 18.7 Å². The molecule has 0 unspecified atom stereocenters. The van der Waals surface area contributed by atoms with Crippen LogP contribution in [-0.4, -0.2) is 42.7 Å². The molecule has 0 bridgehead atoms. The number of rotatable bonds is 6. The first kappa shape index (κ1) is 11.3. The Morgan fingerprint density at radius 2 is 2.38 bits per heavy atom. The lowest BCUT2D eigenvalue weighted by molar-refractivity contribution is 0.00539. The Balaban J connectivity index is 1.51. The molecule has 1 aromatic heterocycles. The SMILES string of the molecule is Cc1noc(OCCOC[C@H]2CCCO2)n1. The molecule has 1 aliphatic heterocycles. The zero-order chi connectivity index (χ0) is 11.2. The molecular weight excluding hydrogens is 212 g/mol. The maximum atomic E-state index is 5.41. The molecule has 6 nitrogen and oxygen atoms in total. The van der Waals surface area contributed by atoms with Crippen molar-refractivity contribution < 1.29 is 18.7 Å². The fourth-order valence-electron chi connectivity index (χ4n) is 1.52. The Morgan fingerprint density at radius 1 is 1.44 bits per heavy atom. The molecule has 0 N–H and O–H groups in total. The highest BCUT2D eigenvalue weighted by molar-refractivity contribution is 4.86. The number of aryl methyl sites for hydroxylation is 1. The summed E-state index contributed by atoms with van der Waals surface area (Å²) < 4.78 is 20.8. The van der Waals surface area contributed by atoms with Gasteiger partial charge in [0, 0.05) is 6.61 Å². The lowest BCUT2D eigenvalue weighted by Gasteiger charge is -2.09. The summed E-state index contributed by atoms with van der Waals surface area (Å²) in [5.41, 5.74) is 0. The van der Waals surface area contributed by atoms with Gasteiger partial charge in [-0.1, -0.05) is 5.16 Å². The Kier molecular flexibility index (Phi) is 4.12. The van der Waals surface area contributed by atoms with Crippen LogP contribution in [0, 0.1) is 6.92 Å². The van der Waals surface area contributed by atoms with E-state index >= 15 is 0 Å². The van der Waals surface area contributed by atoms with Crippen molar-refractivity contribution in [2.45, 2.75) is 25.9 Å². The van der Waals surface area contributed by atoms with E-state index in [4.69, 9.17) is 18.7 Å². The van der Waals surface area contributed by atoms with Gasteiger partial charge in [-0.2, -0.15) is 4.98 Å². The van der Waals surface area contributed by atoms with E-state index in [1.165, 1.54) is 0 Å². The third-order valence-electron chi connectivity index (χ3n) is 2.29. The standard InChI is InChI=1S/C10H16N2O4/c1-8-11-10(16-12-8)15-6-5-13-7-9-3-2-4-14-9/h9H,2-7H2,1H3/t9-/m1/s1. The van der Waals surface area contributed by atoms with Gasteiger partial charge < -0.3 is 14.2 Å².